The predicted molar refractivity (Wildman–Crippen MR) is 110 cm³/mol. The van der Waals surface area contributed by atoms with Crippen LogP contribution in [-0.2, 0) is 13.1 Å². The van der Waals surface area contributed by atoms with E-state index in [-0.39, 0.29) is 35.4 Å². The number of nitrogens with one attached hydrogen (secondary N) is 2. The van der Waals surface area contributed by atoms with E-state index >= 15 is 0 Å². The van der Waals surface area contributed by atoms with E-state index in [1.165, 1.54) is 12.1 Å². The maximum absolute atomic E-state index is 13.1. The highest BCUT2D eigenvalue weighted by molar-refractivity contribution is 14.0. The molecule has 0 fully saturated rings. The highest BCUT2D eigenvalue weighted by atomic mass is 127. The summed E-state index contributed by atoms with van der Waals surface area (Å²) >= 11 is 0. The van der Waals surface area contributed by atoms with Gasteiger partial charge in [0.2, 0.25) is 5.56 Å². The second-order valence-corrected chi connectivity index (χ2v) is 5.42. The van der Waals surface area contributed by atoms with Crippen molar-refractivity contribution in [2.75, 3.05) is 13.6 Å². The lowest BCUT2D eigenvalue weighted by atomic mass is 10.2. The SMILES string of the molecule is CN=C(NCCCCn1ccccc1=O)NCc1cccc(F)c1.I. The summed E-state index contributed by atoms with van der Waals surface area (Å²) in [6, 6.07) is 11.6. The first kappa shape index (κ1) is 21.1. The third kappa shape index (κ3) is 7.68. The van der Waals surface area contributed by atoms with E-state index < -0.39 is 0 Å². The van der Waals surface area contributed by atoms with Crippen LogP contribution in [-0.4, -0.2) is 24.1 Å². The van der Waals surface area contributed by atoms with Crippen molar-refractivity contribution in [3.8, 4) is 0 Å². The fourth-order valence-electron chi connectivity index (χ4n) is 2.31. The smallest absolute Gasteiger partial charge is 0.250 e. The van der Waals surface area contributed by atoms with Crippen molar-refractivity contribution in [2.45, 2.75) is 25.9 Å². The molecule has 2 N–H and O–H groups in total. The van der Waals surface area contributed by atoms with Gasteiger partial charge in [-0.05, 0) is 36.6 Å². The molecule has 0 aliphatic heterocycles. The number of halogens is 2. The van der Waals surface area contributed by atoms with E-state index in [2.05, 4.69) is 15.6 Å². The molecule has 136 valence electrons. The van der Waals surface area contributed by atoms with Crippen LogP contribution in [0.2, 0.25) is 0 Å². The first-order chi connectivity index (χ1) is 11.7. The Balaban J connectivity index is 0.00000312. The molecule has 0 unspecified atom stereocenters. The molecular formula is C18H24FIN4O. The number of rotatable bonds is 7. The van der Waals surface area contributed by atoms with Gasteiger partial charge in [-0.2, -0.15) is 0 Å². The Kier molecular flexibility index (Phi) is 9.83. The average molecular weight is 458 g/mol. The van der Waals surface area contributed by atoms with Crippen LogP contribution >= 0.6 is 24.0 Å². The number of hydrogen-bond acceptors (Lipinski definition) is 2. The van der Waals surface area contributed by atoms with Gasteiger partial charge >= 0.3 is 0 Å². The maximum atomic E-state index is 13.1. The minimum Gasteiger partial charge on any atom is -0.356 e. The zero-order chi connectivity index (χ0) is 17.2. The summed E-state index contributed by atoms with van der Waals surface area (Å²) in [5, 5.41) is 6.36. The van der Waals surface area contributed by atoms with Gasteiger partial charge in [-0.15, -0.1) is 24.0 Å². The van der Waals surface area contributed by atoms with Gasteiger partial charge in [0, 0.05) is 38.9 Å². The number of hydrogen-bond donors (Lipinski definition) is 2. The lowest BCUT2D eigenvalue weighted by Crippen LogP contribution is -2.37. The highest BCUT2D eigenvalue weighted by Gasteiger charge is 2.00. The lowest BCUT2D eigenvalue weighted by molar-refractivity contribution is 0.585. The molecule has 0 saturated heterocycles. The largest absolute Gasteiger partial charge is 0.356 e. The number of unbranched alkanes of at least 4 members (excludes halogenated alkanes) is 1. The second kappa shape index (κ2) is 11.6. The van der Waals surface area contributed by atoms with Gasteiger partial charge in [-0.25, -0.2) is 4.39 Å². The molecule has 0 aliphatic rings. The molecule has 1 heterocycles. The standard InChI is InChI=1S/C18H23FN4O.HI/c1-20-18(22-14-15-7-6-8-16(19)13-15)21-10-3-5-12-23-11-4-2-9-17(23)24;/h2,4,6-9,11,13H,3,5,10,12,14H2,1H3,(H2,20,21,22);1H. The molecule has 2 aromatic rings. The summed E-state index contributed by atoms with van der Waals surface area (Å²) in [6.45, 7) is 1.97. The molecule has 25 heavy (non-hydrogen) atoms. The van der Waals surface area contributed by atoms with Crippen LogP contribution in [0.1, 0.15) is 18.4 Å². The maximum Gasteiger partial charge on any atom is 0.250 e. The molecule has 2 rings (SSSR count). The molecule has 7 heteroatoms. The Hall–Kier alpha value is -1.90. The van der Waals surface area contributed by atoms with E-state index in [0.29, 0.717) is 19.0 Å². The Labute approximate surface area is 164 Å². The van der Waals surface area contributed by atoms with Crippen LogP contribution < -0.4 is 16.2 Å². The van der Waals surface area contributed by atoms with Crippen LogP contribution in [0, 0.1) is 5.82 Å². The molecule has 0 radical (unpaired) electrons. The van der Waals surface area contributed by atoms with Gasteiger partial charge in [0.05, 0.1) is 0 Å². The summed E-state index contributed by atoms with van der Waals surface area (Å²) < 4.78 is 14.8. The molecule has 0 amide bonds. The Morgan fingerprint density at radius 3 is 2.72 bits per heavy atom. The van der Waals surface area contributed by atoms with E-state index in [9.17, 15) is 9.18 Å². The van der Waals surface area contributed by atoms with Crippen molar-refractivity contribution in [1.29, 1.82) is 0 Å². The molecule has 0 bridgehead atoms. The van der Waals surface area contributed by atoms with Crippen molar-refractivity contribution in [3.05, 3.63) is 70.4 Å². The first-order valence-corrected chi connectivity index (χ1v) is 8.03. The summed E-state index contributed by atoms with van der Waals surface area (Å²) in [5.41, 5.74) is 0.888. The molecule has 1 aromatic heterocycles. The minimum atomic E-state index is -0.242. The minimum absolute atomic E-state index is 0. The first-order valence-electron chi connectivity index (χ1n) is 8.03. The van der Waals surface area contributed by atoms with Gasteiger partial charge in [0.1, 0.15) is 5.82 Å². The number of pyridine rings is 1. The topological polar surface area (TPSA) is 58.4 Å². The molecule has 0 saturated carbocycles. The van der Waals surface area contributed by atoms with Gasteiger partial charge in [0.25, 0.3) is 0 Å². The average Bonchev–Trinajstić information content (AvgIpc) is 2.59. The number of aryl methyl sites for hydroxylation is 1. The number of aromatic nitrogens is 1. The third-order valence-electron chi connectivity index (χ3n) is 3.59. The van der Waals surface area contributed by atoms with E-state index in [0.717, 1.165) is 24.9 Å². The van der Waals surface area contributed by atoms with Crippen LogP contribution in [0.3, 0.4) is 0 Å². The summed E-state index contributed by atoms with van der Waals surface area (Å²) in [6.07, 6.45) is 3.62. The highest BCUT2D eigenvalue weighted by Crippen LogP contribution is 2.02. The summed E-state index contributed by atoms with van der Waals surface area (Å²) in [7, 11) is 1.70. The lowest BCUT2D eigenvalue weighted by Gasteiger charge is -2.12. The fraction of sp³-hybridized carbons (Fsp3) is 0.333. The van der Waals surface area contributed by atoms with Crippen molar-refractivity contribution >= 4 is 29.9 Å². The molecule has 0 atom stereocenters. The number of aliphatic imine (C=N–C) groups is 1. The third-order valence-corrected chi connectivity index (χ3v) is 3.59. The van der Waals surface area contributed by atoms with Crippen LogP contribution in [0.4, 0.5) is 4.39 Å². The fourth-order valence-corrected chi connectivity index (χ4v) is 2.31. The monoisotopic (exact) mass is 458 g/mol. The predicted octanol–water partition coefficient (Wildman–Crippen LogP) is 2.75. The molecule has 5 nitrogen and oxygen atoms in total. The Morgan fingerprint density at radius 2 is 2.00 bits per heavy atom. The van der Waals surface area contributed by atoms with Gasteiger partial charge in [-0.1, -0.05) is 18.2 Å². The van der Waals surface area contributed by atoms with Gasteiger partial charge in [0.15, 0.2) is 5.96 Å². The van der Waals surface area contributed by atoms with Crippen LogP contribution in [0.5, 0.6) is 0 Å². The zero-order valence-electron chi connectivity index (χ0n) is 14.2. The molecule has 1 aromatic carbocycles. The molecule has 0 spiro atoms. The zero-order valence-corrected chi connectivity index (χ0v) is 16.6. The summed E-state index contributed by atoms with van der Waals surface area (Å²) in [4.78, 5) is 15.7. The van der Waals surface area contributed by atoms with E-state index in [4.69, 9.17) is 0 Å². The summed E-state index contributed by atoms with van der Waals surface area (Å²) in [5.74, 6) is 0.435. The van der Waals surface area contributed by atoms with E-state index in [1.54, 1.807) is 36.0 Å². The molecule has 0 aliphatic carbocycles. The van der Waals surface area contributed by atoms with Crippen molar-refractivity contribution < 1.29 is 4.39 Å². The van der Waals surface area contributed by atoms with Crippen LogP contribution in [0.25, 0.3) is 0 Å². The number of guanidine groups is 1. The number of nitrogens with zero attached hydrogens (tertiary/aromatic N) is 2. The normalized spacial score (nSPS) is 10.9. The van der Waals surface area contributed by atoms with Crippen molar-refractivity contribution in [2.24, 2.45) is 4.99 Å². The number of benzene rings is 1. The Bertz CT molecular complexity index is 733. The van der Waals surface area contributed by atoms with Gasteiger partial charge < -0.3 is 15.2 Å². The van der Waals surface area contributed by atoms with Crippen molar-refractivity contribution in [3.63, 3.8) is 0 Å². The second-order valence-electron chi connectivity index (χ2n) is 5.42. The van der Waals surface area contributed by atoms with E-state index in [1.807, 2.05) is 12.1 Å². The van der Waals surface area contributed by atoms with Crippen LogP contribution in [0.15, 0.2) is 58.4 Å². The quantitative estimate of drug-likeness (QED) is 0.291. The van der Waals surface area contributed by atoms with Gasteiger partial charge in [-0.3, -0.25) is 9.79 Å². The molecular weight excluding hydrogens is 434 g/mol. The Morgan fingerprint density at radius 1 is 1.16 bits per heavy atom. The van der Waals surface area contributed by atoms with Crippen molar-refractivity contribution in [1.82, 2.24) is 15.2 Å².